The fourth-order valence-electron chi connectivity index (χ4n) is 2.24. The van der Waals surface area contributed by atoms with E-state index in [0.29, 0.717) is 29.7 Å². The number of nitrogens with one attached hydrogen (secondary N) is 1. The quantitative estimate of drug-likeness (QED) is 0.887. The molecule has 0 spiro atoms. The molecule has 1 aliphatic rings. The molecule has 0 aliphatic heterocycles. The largest absolute Gasteiger partial charge is 0.497 e. The molecule has 1 heterocycles. The number of amides is 1. The van der Waals surface area contributed by atoms with Gasteiger partial charge in [-0.1, -0.05) is 5.16 Å². The summed E-state index contributed by atoms with van der Waals surface area (Å²) in [6.07, 6.45) is 2.22. The van der Waals surface area contributed by atoms with Crippen molar-refractivity contribution in [1.82, 2.24) is 10.5 Å². The number of methoxy groups -OCH3 is 2. The van der Waals surface area contributed by atoms with E-state index in [1.807, 2.05) is 18.2 Å². The van der Waals surface area contributed by atoms with Crippen LogP contribution in [0.3, 0.4) is 0 Å². The minimum atomic E-state index is -0.263. The molecule has 1 aliphatic carbocycles. The Kier molecular flexibility index (Phi) is 4.00. The summed E-state index contributed by atoms with van der Waals surface area (Å²) in [5.41, 5.74) is 1.14. The average Bonchev–Trinajstić information content (AvgIpc) is 3.29. The number of benzene rings is 1. The SMILES string of the molecule is COc1ccc(OC)c(CNC(=O)c2cc(C3CC3)on2)c1. The van der Waals surface area contributed by atoms with E-state index < -0.39 is 0 Å². The fraction of sp³-hybridized carbons (Fsp3) is 0.375. The second-order valence-electron chi connectivity index (χ2n) is 5.25. The fourth-order valence-corrected chi connectivity index (χ4v) is 2.24. The van der Waals surface area contributed by atoms with E-state index >= 15 is 0 Å². The summed E-state index contributed by atoms with van der Waals surface area (Å²) in [5, 5.41) is 6.64. The number of carbonyl (C=O) groups excluding carboxylic acids is 1. The zero-order valence-corrected chi connectivity index (χ0v) is 12.6. The standard InChI is InChI=1S/C16H18N2O4/c1-20-12-5-6-14(21-2)11(7-12)9-17-16(19)13-8-15(22-18-13)10-3-4-10/h5-8,10H,3-4,9H2,1-2H3,(H,17,19). The van der Waals surface area contributed by atoms with Crippen molar-refractivity contribution in [2.75, 3.05) is 14.2 Å². The number of aromatic nitrogens is 1. The molecule has 1 aromatic carbocycles. The molecule has 3 rings (SSSR count). The van der Waals surface area contributed by atoms with E-state index in [0.717, 1.165) is 24.2 Å². The zero-order valence-electron chi connectivity index (χ0n) is 12.6. The minimum Gasteiger partial charge on any atom is -0.497 e. The molecule has 0 saturated heterocycles. The van der Waals surface area contributed by atoms with Crippen molar-refractivity contribution < 1.29 is 18.8 Å². The molecule has 1 amide bonds. The van der Waals surface area contributed by atoms with Gasteiger partial charge in [-0.2, -0.15) is 0 Å². The average molecular weight is 302 g/mol. The van der Waals surface area contributed by atoms with Crippen molar-refractivity contribution in [3.8, 4) is 11.5 Å². The van der Waals surface area contributed by atoms with Crippen LogP contribution in [0.1, 0.15) is 40.6 Å². The first kappa shape index (κ1) is 14.4. The third-order valence-corrected chi connectivity index (χ3v) is 3.67. The molecule has 0 unspecified atom stereocenters. The lowest BCUT2D eigenvalue weighted by atomic mass is 10.2. The lowest BCUT2D eigenvalue weighted by Crippen LogP contribution is -2.23. The third-order valence-electron chi connectivity index (χ3n) is 3.67. The highest BCUT2D eigenvalue weighted by Crippen LogP contribution is 2.40. The number of carbonyl (C=O) groups is 1. The first-order valence-corrected chi connectivity index (χ1v) is 7.17. The maximum Gasteiger partial charge on any atom is 0.273 e. The molecule has 0 bridgehead atoms. The van der Waals surface area contributed by atoms with E-state index in [4.69, 9.17) is 14.0 Å². The predicted molar refractivity (Wildman–Crippen MR) is 79.2 cm³/mol. The Morgan fingerprint density at radius 2 is 2.14 bits per heavy atom. The Morgan fingerprint density at radius 1 is 1.32 bits per heavy atom. The van der Waals surface area contributed by atoms with E-state index in [9.17, 15) is 4.79 Å². The van der Waals surface area contributed by atoms with E-state index in [1.165, 1.54) is 0 Å². The van der Waals surface area contributed by atoms with Crippen molar-refractivity contribution in [2.24, 2.45) is 0 Å². The lowest BCUT2D eigenvalue weighted by molar-refractivity contribution is 0.0941. The van der Waals surface area contributed by atoms with E-state index in [2.05, 4.69) is 10.5 Å². The van der Waals surface area contributed by atoms with Crippen LogP contribution in [0.5, 0.6) is 11.5 Å². The zero-order chi connectivity index (χ0) is 15.5. The van der Waals surface area contributed by atoms with Crippen LogP contribution in [0, 0.1) is 0 Å². The Morgan fingerprint density at radius 3 is 2.82 bits per heavy atom. The topological polar surface area (TPSA) is 73.6 Å². The second kappa shape index (κ2) is 6.09. The van der Waals surface area contributed by atoms with Crippen LogP contribution in [-0.2, 0) is 6.54 Å². The van der Waals surface area contributed by atoms with Crippen molar-refractivity contribution >= 4 is 5.91 Å². The normalized spacial score (nSPS) is 13.7. The van der Waals surface area contributed by atoms with Crippen molar-refractivity contribution in [1.29, 1.82) is 0 Å². The number of hydrogen-bond donors (Lipinski definition) is 1. The highest BCUT2D eigenvalue weighted by Gasteiger charge is 2.28. The first-order chi connectivity index (χ1) is 10.7. The van der Waals surface area contributed by atoms with Crippen molar-refractivity contribution in [3.63, 3.8) is 0 Å². The summed E-state index contributed by atoms with van der Waals surface area (Å²) in [6, 6.07) is 7.17. The highest BCUT2D eigenvalue weighted by atomic mass is 16.5. The monoisotopic (exact) mass is 302 g/mol. The summed E-state index contributed by atoms with van der Waals surface area (Å²) < 4.78 is 15.7. The summed E-state index contributed by atoms with van der Waals surface area (Å²) in [6.45, 7) is 0.324. The van der Waals surface area contributed by atoms with Crippen molar-refractivity contribution in [3.05, 3.63) is 41.3 Å². The molecule has 1 N–H and O–H groups in total. The summed E-state index contributed by atoms with van der Waals surface area (Å²) >= 11 is 0. The molecule has 0 radical (unpaired) electrons. The molecule has 6 nitrogen and oxygen atoms in total. The molecular formula is C16H18N2O4. The van der Waals surface area contributed by atoms with Gasteiger partial charge in [0.05, 0.1) is 14.2 Å². The minimum absolute atomic E-state index is 0.263. The van der Waals surface area contributed by atoms with Crippen LogP contribution >= 0.6 is 0 Å². The van der Waals surface area contributed by atoms with Gasteiger partial charge in [-0.3, -0.25) is 4.79 Å². The van der Waals surface area contributed by atoms with Gasteiger partial charge in [-0.15, -0.1) is 0 Å². The van der Waals surface area contributed by atoms with Gasteiger partial charge >= 0.3 is 0 Å². The molecule has 1 saturated carbocycles. The van der Waals surface area contributed by atoms with E-state index in [1.54, 1.807) is 20.3 Å². The Balaban J connectivity index is 1.66. The van der Waals surface area contributed by atoms with Crippen LogP contribution in [0.4, 0.5) is 0 Å². The van der Waals surface area contributed by atoms with Gasteiger partial charge in [0.1, 0.15) is 17.3 Å². The maximum atomic E-state index is 12.1. The van der Waals surface area contributed by atoms with Gasteiger partial charge in [0, 0.05) is 24.1 Å². The predicted octanol–water partition coefficient (Wildman–Crippen LogP) is 2.50. The summed E-state index contributed by atoms with van der Waals surface area (Å²) in [5.74, 6) is 2.37. The van der Waals surface area contributed by atoms with E-state index in [-0.39, 0.29) is 5.91 Å². The van der Waals surface area contributed by atoms with Gasteiger partial charge < -0.3 is 19.3 Å². The summed E-state index contributed by atoms with van der Waals surface area (Å²) in [4.78, 5) is 12.1. The van der Waals surface area contributed by atoms with Gasteiger partial charge in [0.15, 0.2) is 5.69 Å². The van der Waals surface area contributed by atoms with Gasteiger partial charge in [-0.25, -0.2) is 0 Å². The van der Waals surface area contributed by atoms with Gasteiger partial charge in [0.25, 0.3) is 5.91 Å². The summed E-state index contributed by atoms with van der Waals surface area (Å²) in [7, 11) is 3.19. The van der Waals surface area contributed by atoms with Crippen LogP contribution in [0.2, 0.25) is 0 Å². The molecule has 1 aromatic heterocycles. The molecule has 116 valence electrons. The molecule has 0 atom stereocenters. The van der Waals surface area contributed by atoms with Crippen LogP contribution < -0.4 is 14.8 Å². The number of ether oxygens (including phenoxy) is 2. The Bertz CT molecular complexity index is 677. The molecular weight excluding hydrogens is 284 g/mol. The number of rotatable bonds is 6. The first-order valence-electron chi connectivity index (χ1n) is 7.17. The highest BCUT2D eigenvalue weighted by molar-refractivity contribution is 5.92. The molecule has 22 heavy (non-hydrogen) atoms. The molecule has 1 fully saturated rings. The molecule has 2 aromatic rings. The van der Waals surface area contributed by atoms with Crippen LogP contribution in [0.15, 0.2) is 28.8 Å². The van der Waals surface area contributed by atoms with Crippen molar-refractivity contribution in [2.45, 2.75) is 25.3 Å². The third kappa shape index (κ3) is 3.05. The smallest absolute Gasteiger partial charge is 0.273 e. The van der Waals surface area contributed by atoms with Crippen LogP contribution in [0.25, 0.3) is 0 Å². The lowest BCUT2D eigenvalue weighted by Gasteiger charge is -2.10. The van der Waals surface area contributed by atoms with Gasteiger partial charge in [0.2, 0.25) is 0 Å². The Labute approximate surface area is 128 Å². The second-order valence-corrected chi connectivity index (χ2v) is 5.25. The number of nitrogens with zero attached hydrogens (tertiary/aromatic N) is 1. The van der Waals surface area contributed by atoms with Gasteiger partial charge in [-0.05, 0) is 31.0 Å². The number of hydrogen-bond acceptors (Lipinski definition) is 5. The van der Waals surface area contributed by atoms with Crippen LogP contribution in [-0.4, -0.2) is 25.3 Å². The maximum absolute atomic E-state index is 12.1. The Hall–Kier alpha value is -2.50. The molecule has 6 heteroatoms.